The first kappa shape index (κ1) is 16.4. The molecule has 21 heavy (non-hydrogen) atoms. The average Bonchev–Trinajstić information content (AvgIpc) is 2.88. The lowest BCUT2D eigenvalue weighted by Crippen LogP contribution is -2.53. The number of nitrogens with one attached hydrogen (secondary N) is 1. The molecule has 3 atom stereocenters. The highest BCUT2D eigenvalue weighted by molar-refractivity contribution is 7.87. The lowest BCUT2D eigenvalue weighted by atomic mass is 10.3. The van der Waals surface area contributed by atoms with E-state index in [1.165, 1.54) is 15.6 Å². The van der Waals surface area contributed by atoms with Gasteiger partial charge in [-0.15, -0.1) is 11.3 Å². The monoisotopic (exact) mass is 334 g/mol. The number of ether oxygens (including phenoxy) is 1. The van der Waals surface area contributed by atoms with Gasteiger partial charge in [0.1, 0.15) is 0 Å². The maximum Gasteiger partial charge on any atom is 0.327 e. The van der Waals surface area contributed by atoms with Crippen LogP contribution in [0.4, 0.5) is 0 Å². The van der Waals surface area contributed by atoms with Crippen LogP contribution in [0.1, 0.15) is 24.8 Å². The van der Waals surface area contributed by atoms with Crippen LogP contribution in [-0.4, -0.2) is 49.1 Å². The molecule has 0 radical (unpaired) electrons. The Balaban J connectivity index is 2.17. The highest BCUT2D eigenvalue weighted by atomic mass is 32.2. The topological polar surface area (TPSA) is 95.9 Å². The van der Waals surface area contributed by atoms with E-state index < -0.39 is 22.2 Å². The normalized spacial score (nSPS) is 25.6. The Morgan fingerprint density at radius 1 is 1.48 bits per heavy atom. The van der Waals surface area contributed by atoms with Gasteiger partial charge in [-0.2, -0.15) is 17.4 Å². The zero-order valence-electron chi connectivity index (χ0n) is 11.7. The lowest BCUT2D eigenvalue weighted by molar-refractivity contribution is -0.139. The molecule has 0 bridgehead atoms. The molecule has 7 nitrogen and oxygen atoms in total. The molecular formula is C12H18N2O5S2. The number of hydrogen-bond acceptors (Lipinski definition) is 5. The van der Waals surface area contributed by atoms with Crippen molar-refractivity contribution in [2.75, 3.05) is 13.1 Å². The maximum absolute atomic E-state index is 12.4. The average molecular weight is 334 g/mol. The summed E-state index contributed by atoms with van der Waals surface area (Å²) in [5.41, 5.74) is 0. The third-order valence-electron chi connectivity index (χ3n) is 3.07. The zero-order chi connectivity index (χ0) is 15.6. The Kier molecular flexibility index (Phi) is 4.99. The second kappa shape index (κ2) is 6.41. The molecule has 0 aromatic carbocycles. The van der Waals surface area contributed by atoms with Crippen LogP contribution in [0.25, 0.3) is 0 Å². The van der Waals surface area contributed by atoms with E-state index in [9.17, 15) is 18.3 Å². The number of morpholine rings is 1. The van der Waals surface area contributed by atoms with Gasteiger partial charge in [0.15, 0.2) is 6.04 Å². The van der Waals surface area contributed by atoms with Gasteiger partial charge in [0.05, 0.1) is 12.2 Å². The molecular weight excluding hydrogens is 316 g/mol. The van der Waals surface area contributed by atoms with Gasteiger partial charge < -0.3 is 9.84 Å². The van der Waals surface area contributed by atoms with Crippen LogP contribution in [0.3, 0.4) is 0 Å². The van der Waals surface area contributed by atoms with Gasteiger partial charge in [0.25, 0.3) is 10.2 Å². The number of carbonyl (C=O) groups is 1. The van der Waals surface area contributed by atoms with Crippen LogP contribution in [-0.2, 0) is 19.7 Å². The van der Waals surface area contributed by atoms with Crippen molar-refractivity contribution in [2.45, 2.75) is 32.1 Å². The number of rotatable bonds is 5. The van der Waals surface area contributed by atoms with Crippen molar-refractivity contribution in [2.24, 2.45) is 0 Å². The molecule has 2 N–H and O–H groups in total. The summed E-state index contributed by atoms with van der Waals surface area (Å²) in [5.74, 6) is -1.23. The maximum atomic E-state index is 12.4. The fourth-order valence-electron chi connectivity index (χ4n) is 2.24. The fourth-order valence-corrected chi connectivity index (χ4v) is 4.57. The van der Waals surface area contributed by atoms with Crippen LogP contribution in [0.15, 0.2) is 17.5 Å². The van der Waals surface area contributed by atoms with Crippen molar-refractivity contribution in [3.05, 3.63) is 22.4 Å². The van der Waals surface area contributed by atoms with Gasteiger partial charge in [0, 0.05) is 18.0 Å². The Morgan fingerprint density at radius 3 is 2.57 bits per heavy atom. The van der Waals surface area contributed by atoms with E-state index in [1.54, 1.807) is 31.4 Å². The van der Waals surface area contributed by atoms with E-state index in [0.717, 1.165) is 0 Å². The SMILES string of the molecule is CC1CN(S(=O)(=O)NC(C(=O)O)c2cccs2)CC(C)O1. The van der Waals surface area contributed by atoms with Gasteiger partial charge in [-0.3, -0.25) is 4.79 Å². The van der Waals surface area contributed by atoms with Crippen molar-refractivity contribution < 1.29 is 23.1 Å². The van der Waals surface area contributed by atoms with E-state index >= 15 is 0 Å². The van der Waals surface area contributed by atoms with Gasteiger partial charge in [-0.1, -0.05) is 6.07 Å². The van der Waals surface area contributed by atoms with E-state index in [0.29, 0.717) is 4.88 Å². The predicted octanol–water partition coefficient (Wildman–Crippen LogP) is 0.817. The molecule has 0 amide bonds. The minimum atomic E-state index is -3.89. The first-order valence-corrected chi connectivity index (χ1v) is 8.80. The number of hydrogen-bond donors (Lipinski definition) is 2. The van der Waals surface area contributed by atoms with Crippen molar-refractivity contribution in [1.29, 1.82) is 0 Å². The molecule has 1 aliphatic heterocycles. The molecule has 1 aromatic rings. The molecule has 3 unspecified atom stereocenters. The summed E-state index contributed by atoms with van der Waals surface area (Å²) in [4.78, 5) is 11.8. The van der Waals surface area contributed by atoms with E-state index in [1.807, 2.05) is 0 Å². The smallest absolute Gasteiger partial charge is 0.327 e. The number of nitrogens with zero attached hydrogens (tertiary/aromatic N) is 1. The minimum absolute atomic E-state index is 0.205. The first-order chi connectivity index (χ1) is 9.79. The third kappa shape index (κ3) is 4.01. The molecule has 1 fully saturated rings. The molecule has 118 valence electrons. The number of carboxylic acids is 1. The van der Waals surface area contributed by atoms with Crippen LogP contribution in [0.5, 0.6) is 0 Å². The lowest BCUT2D eigenvalue weighted by Gasteiger charge is -2.34. The standard InChI is InChI=1S/C12H18N2O5S2/c1-8-6-14(7-9(2)19-8)21(17,18)13-11(12(15)16)10-4-3-5-20-10/h3-5,8-9,11,13H,6-7H2,1-2H3,(H,15,16). The van der Waals surface area contributed by atoms with Crippen LogP contribution in [0, 0.1) is 0 Å². The highest BCUT2D eigenvalue weighted by Crippen LogP contribution is 2.22. The third-order valence-corrected chi connectivity index (χ3v) is 5.52. The zero-order valence-corrected chi connectivity index (χ0v) is 13.4. The molecule has 2 rings (SSSR count). The predicted molar refractivity (Wildman–Crippen MR) is 78.3 cm³/mol. The summed E-state index contributed by atoms with van der Waals surface area (Å²) in [6.45, 7) is 3.98. The summed E-state index contributed by atoms with van der Waals surface area (Å²) in [6, 6.07) is 2.00. The largest absolute Gasteiger partial charge is 0.480 e. The summed E-state index contributed by atoms with van der Waals surface area (Å²) in [5, 5.41) is 11.0. The Hall–Kier alpha value is -1.00. The molecule has 9 heteroatoms. The van der Waals surface area contributed by atoms with E-state index in [-0.39, 0.29) is 25.3 Å². The van der Waals surface area contributed by atoms with Gasteiger partial charge >= 0.3 is 5.97 Å². The van der Waals surface area contributed by atoms with E-state index in [2.05, 4.69) is 4.72 Å². The van der Waals surface area contributed by atoms with Gasteiger partial charge in [-0.05, 0) is 25.3 Å². The van der Waals surface area contributed by atoms with Crippen LogP contribution in [0.2, 0.25) is 0 Å². The molecule has 0 spiro atoms. The first-order valence-electron chi connectivity index (χ1n) is 6.48. The molecule has 2 heterocycles. The second-order valence-electron chi connectivity index (χ2n) is 4.98. The number of thiophene rings is 1. The Morgan fingerprint density at radius 2 is 2.10 bits per heavy atom. The van der Waals surface area contributed by atoms with Crippen molar-refractivity contribution in [1.82, 2.24) is 9.03 Å². The Bertz CT molecular complexity index is 577. The summed E-state index contributed by atoms with van der Waals surface area (Å²) >= 11 is 1.20. The quantitative estimate of drug-likeness (QED) is 0.831. The van der Waals surface area contributed by atoms with Crippen molar-refractivity contribution >= 4 is 27.5 Å². The molecule has 0 aliphatic carbocycles. The summed E-state index contributed by atoms with van der Waals surface area (Å²) in [6.07, 6.45) is -0.453. The number of aliphatic carboxylic acids is 1. The highest BCUT2D eigenvalue weighted by Gasteiger charge is 2.35. The molecule has 0 saturated carbocycles. The summed E-state index contributed by atoms with van der Waals surface area (Å²) < 4.78 is 33.8. The molecule has 1 aromatic heterocycles. The van der Waals surface area contributed by atoms with Crippen molar-refractivity contribution in [3.8, 4) is 0 Å². The fraction of sp³-hybridized carbons (Fsp3) is 0.583. The van der Waals surface area contributed by atoms with Crippen LogP contribution >= 0.6 is 11.3 Å². The number of carboxylic acid groups (broad SMARTS) is 1. The van der Waals surface area contributed by atoms with E-state index in [4.69, 9.17) is 4.74 Å². The molecule has 1 aliphatic rings. The van der Waals surface area contributed by atoms with Gasteiger partial charge in [0.2, 0.25) is 0 Å². The van der Waals surface area contributed by atoms with Crippen LogP contribution < -0.4 is 4.72 Å². The summed E-state index contributed by atoms with van der Waals surface area (Å²) in [7, 11) is -3.89. The Labute approximate surface area is 127 Å². The minimum Gasteiger partial charge on any atom is -0.480 e. The second-order valence-corrected chi connectivity index (χ2v) is 7.67. The molecule has 1 saturated heterocycles. The van der Waals surface area contributed by atoms with Gasteiger partial charge in [-0.25, -0.2) is 0 Å². The van der Waals surface area contributed by atoms with Crippen molar-refractivity contribution in [3.63, 3.8) is 0 Å².